The molecule has 1 aliphatic rings. The minimum Gasteiger partial charge on any atom is -0.382 e. The van der Waals surface area contributed by atoms with Gasteiger partial charge in [0.2, 0.25) is 0 Å². The summed E-state index contributed by atoms with van der Waals surface area (Å²) < 4.78 is 5.34. The van der Waals surface area contributed by atoms with E-state index in [9.17, 15) is 0 Å². The first-order valence-electron chi connectivity index (χ1n) is 8.65. The van der Waals surface area contributed by atoms with Crippen LogP contribution < -0.4 is 10.6 Å². The maximum absolute atomic E-state index is 5.34. The fourth-order valence-corrected chi connectivity index (χ4v) is 2.63. The Morgan fingerprint density at radius 3 is 2.55 bits per heavy atom. The number of likely N-dealkylation sites (tertiary alicyclic amines) is 1. The van der Waals surface area contributed by atoms with Gasteiger partial charge in [-0.05, 0) is 46.1 Å². The van der Waals surface area contributed by atoms with Crippen LogP contribution in [-0.4, -0.2) is 62.8 Å². The highest BCUT2D eigenvalue weighted by atomic mass is 127. The third-order valence-electron chi connectivity index (χ3n) is 3.73. The van der Waals surface area contributed by atoms with E-state index >= 15 is 0 Å². The summed E-state index contributed by atoms with van der Waals surface area (Å²) in [5.74, 6) is 0.961. The third-order valence-corrected chi connectivity index (χ3v) is 3.73. The molecule has 5 nitrogen and oxygen atoms in total. The van der Waals surface area contributed by atoms with E-state index in [-0.39, 0.29) is 24.0 Å². The number of piperidine rings is 1. The molecule has 2 N–H and O–H groups in total. The Hall–Kier alpha value is -0.0800. The summed E-state index contributed by atoms with van der Waals surface area (Å²) in [5.41, 5.74) is 0. The molecule has 0 amide bonds. The number of hydrogen-bond acceptors (Lipinski definition) is 3. The maximum Gasteiger partial charge on any atom is 0.191 e. The second-order valence-electron chi connectivity index (χ2n) is 5.57. The van der Waals surface area contributed by atoms with Crippen molar-refractivity contribution in [2.45, 2.75) is 52.5 Å². The highest BCUT2D eigenvalue weighted by Crippen LogP contribution is 2.10. The van der Waals surface area contributed by atoms with Crippen LogP contribution in [0.15, 0.2) is 4.99 Å². The fraction of sp³-hybridized carbons (Fsp3) is 0.938. The van der Waals surface area contributed by atoms with E-state index < -0.39 is 0 Å². The van der Waals surface area contributed by atoms with Crippen LogP contribution in [0.5, 0.6) is 0 Å². The second-order valence-corrected chi connectivity index (χ2v) is 5.57. The summed E-state index contributed by atoms with van der Waals surface area (Å²) in [6, 6.07) is 0.558. The van der Waals surface area contributed by atoms with Crippen molar-refractivity contribution in [1.82, 2.24) is 15.5 Å². The van der Waals surface area contributed by atoms with Gasteiger partial charge < -0.3 is 20.3 Å². The minimum atomic E-state index is 0. The molecule has 22 heavy (non-hydrogen) atoms. The minimum absolute atomic E-state index is 0. The molecule has 0 aliphatic carbocycles. The molecular weight excluding hydrogens is 391 g/mol. The Bertz CT molecular complexity index is 281. The van der Waals surface area contributed by atoms with Crippen LogP contribution in [-0.2, 0) is 4.74 Å². The number of hydrogen-bond donors (Lipinski definition) is 2. The molecule has 0 atom stereocenters. The molecule has 0 aromatic carbocycles. The molecule has 0 radical (unpaired) electrons. The smallest absolute Gasteiger partial charge is 0.191 e. The van der Waals surface area contributed by atoms with Crippen molar-refractivity contribution in [1.29, 1.82) is 0 Å². The number of guanidine groups is 1. The monoisotopic (exact) mass is 426 g/mol. The first kappa shape index (κ1) is 21.9. The molecule has 1 saturated heterocycles. The predicted molar refractivity (Wildman–Crippen MR) is 105 cm³/mol. The van der Waals surface area contributed by atoms with Crippen molar-refractivity contribution in [3.8, 4) is 0 Å². The van der Waals surface area contributed by atoms with Gasteiger partial charge in [0.1, 0.15) is 0 Å². The molecule has 132 valence electrons. The van der Waals surface area contributed by atoms with E-state index in [0.29, 0.717) is 6.04 Å². The number of rotatable bonds is 9. The van der Waals surface area contributed by atoms with Crippen molar-refractivity contribution in [3.05, 3.63) is 0 Å². The lowest BCUT2D eigenvalue weighted by atomic mass is 10.1. The zero-order valence-electron chi connectivity index (χ0n) is 14.6. The zero-order valence-corrected chi connectivity index (χ0v) is 16.9. The normalized spacial score (nSPS) is 17.1. The molecule has 0 aromatic heterocycles. The topological polar surface area (TPSA) is 48.9 Å². The van der Waals surface area contributed by atoms with E-state index in [1.54, 1.807) is 0 Å². The van der Waals surface area contributed by atoms with Crippen LogP contribution >= 0.6 is 24.0 Å². The Morgan fingerprint density at radius 1 is 1.23 bits per heavy atom. The van der Waals surface area contributed by atoms with Crippen molar-refractivity contribution >= 4 is 29.9 Å². The number of nitrogens with zero attached hydrogens (tertiary/aromatic N) is 2. The van der Waals surface area contributed by atoms with E-state index in [0.717, 1.165) is 38.7 Å². The van der Waals surface area contributed by atoms with Gasteiger partial charge >= 0.3 is 0 Å². The van der Waals surface area contributed by atoms with E-state index in [4.69, 9.17) is 4.74 Å². The summed E-state index contributed by atoms with van der Waals surface area (Å²) in [7, 11) is 0. The van der Waals surface area contributed by atoms with E-state index in [1.165, 1.54) is 38.9 Å². The Morgan fingerprint density at radius 2 is 1.95 bits per heavy atom. The summed E-state index contributed by atoms with van der Waals surface area (Å²) in [6.45, 7) is 13.4. The SMILES string of the molecule is CCCN1CCC(NC(=NCCCOCC)NCC)CC1.I. The number of aliphatic imine (C=N–C) groups is 1. The van der Waals surface area contributed by atoms with Crippen molar-refractivity contribution in [3.63, 3.8) is 0 Å². The molecule has 1 heterocycles. The molecule has 1 fully saturated rings. The van der Waals surface area contributed by atoms with Crippen molar-refractivity contribution in [2.75, 3.05) is 45.9 Å². The van der Waals surface area contributed by atoms with Crippen molar-refractivity contribution in [2.24, 2.45) is 4.99 Å². The van der Waals surface area contributed by atoms with Gasteiger partial charge in [-0.3, -0.25) is 4.99 Å². The number of halogens is 1. The van der Waals surface area contributed by atoms with Gasteiger partial charge in [-0.25, -0.2) is 0 Å². The molecule has 6 heteroatoms. The number of nitrogens with one attached hydrogen (secondary N) is 2. The van der Waals surface area contributed by atoms with Crippen LogP contribution in [0.3, 0.4) is 0 Å². The summed E-state index contributed by atoms with van der Waals surface area (Å²) >= 11 is 0. The molecular formula is C16H35IN4O. The Balaban J connectivity index is 0.00000441. The first-order chi connectivity index (χ1) is 10.3. The zero-order chi connectivity index (χ0) is 15.3. The highest BCUT2D eigenvalue weighted by molar-refractivity contribution is 14.0. The van der Waals surface area contributed by atoms with Gasteiger partial charge in [-0.2, -0.15) is 0 Å². The van der Waals surface area contributed by atoms with Gasteiger partial charge in [0, 0.05) is 45.4 Å². The second kappa shape index (κ2) is 14.5. The maximum atomic E-state index is 5.34. The average molecular weight is 426 g/mol. The lowest BCUT2D eigenvalue weighted by Gasteiger charge is -2.32. The molecule has 0 saturated carbocycles. The van der Waals surface area contributed by atoms with Gasteiger partial charge in [0.25, 0.3) is 0 Å². The summed E-state index contributed by atoms with van der Waals surface area (Å²) in [4.78, 5) is 7.20. The Kier molecular flexibility index (Phi) is 14.5. The molecule has 0 unspecified atom stereocenters. The summed E-state index contributed by atoms with van der Waals surface area (Å²) in [5, 5.41) is 6.92. The van der Waals surface area contributed by atoms with Crippen molar-refractivity contribution < 1.29 is 4.74 Å². The highest BCUT2D eigenvalue weighted by Gasteiger charge is 2.19. The van der Waals surface area contributed by atoms with Crippen LogP contribution in [0.25, 0.3) is 0 Å². The Labute approximate surface area is 153 Å². The van der Waals surface area contributed by atoms with Gasteiger partial charge in [0.05, 0.1) is 0 Å². The fourth-order valence-electron chi connectivity index (χ4n) is 2.63. The van der Waals surface area contributed by atoms with Crippen LogP contribution in [0, 0.1) is 0 Å². The lowest BCUT2D eigenvalue weighted by Crippen LogP contribution is -2.48. The summed E-state index contributed by atoms with van der Waals surface area (Å²) in [6.07, 6.45) is 4.66. The van der Waals surface area contributed by atoms with Crippen LogP contribution in [0.2, 0.25) is 0 Å². The van der Waals surface area contributed by atoms with Gasteiger partial charge in [-0.1, -0.05) is 6.92 Å². The predicted octanol–water partition coefficient (Wildman–Crippen LogP) is 2.46. The van der Waals surface area contributed by atoms with E-state index in [2.05, 4.69) is 34.4 Å². The van der Waals surface area contributed by atoms with Gasteiger partial charge in [-0.15, -0.1) is 24.0 Å². The van der Waals surface area contributed by atoms with E-state index in [1.807, 2.05) is 6.92 Å². The molecule has 0 spiro atoms. The molecule has 0 aromatic rings. The molecule has 1 rings (SSSR count). The van der Waals surface area contributed by atoms with Gasteiger partial charge in [0.15, 0.2) is 5.96 Å². The standard InChI is InChI=1S/C16H34N4O.HI/c1-4-11-20-12-8-15(9-13-20)19-16(17-5-2)18-10-7-14-21-6-3;/h15H,4-14H2,1-3H3,(H2,17,18,19);1H. The largest absolute Gasteiger partial charge is 0.382 e. The third kappa shape index (κ3) is 9.84. The van der Waals surface area contributed by atoms with Crippen LogP contribution in [0.4, 0.5) is 0 Å². The molecule has 1 aliphatic heterocycles. The quantitative estimate of drug-likeness (QED) is 0.258. The van der Waals surface area contributed by atoms with Crippen LogP contribution in [0.1, 0.15) is 46.5 Å². The average Bonchev–Trinajstić information content (AvgIpc) is 2.49. The first-order valence-corrected chi connectivity index (χ1v) is 8.65. The molecule has 0 bridgehead atoms. The number of ether oxygens (including phenoxy) is 1. The lowest BCUT2D eigenvalue weighted by molar-refractivity contribution is 0.146.